The van der Waals surface area contributed by atoms with Gasteiger partial charge in [0.1, 0.15) is 12.3 Å². The Morgan fingerprint density at radius 1 is 1.53 bits per heavy atom. The third-order valence-electron chi connectivity index (χ3n) is 3.45. The molecule has 1 aliphatic carbocycles. The van der Waals surface area contributed by atoms with E-state index in [9.17, 15) is 0 Å². The van der Waals surface area contributed by atoms with Crippen LogP contribution in [0.3, 0.4) is 0 Å². The van der Waals surface area contributed by atoms with Crippen LogP contribution in [0, 0.1) is 6.92 Å². The number of nitrogens with one attached hydrogen (secondary N) is 1. The highest BCUT2D eigenvalue weighted by Gasteiger charge is 2.39. The lowest BCUT2D eigenvalue weighted by atomic mass is 10.0. The fourth-order valence-electron chi connectivity index (χ4n) is 2.53. The summed E-state index contributed by atoms with van der Waals surface area (Å²) in [6.45, 7) is 2.44. The van der Waals surface area contributed by atoms with Crippen LogP contribution in [0.2, 0.25) is 0 Å². The summed E-state index contributed by atoms with van der Waals surface area (Å²) in [5.41, 5.74) is 0.343. The number of nitrogens with zero attached hydrogens (tertiary/aromatic N) is 2. The van der Waals surface area contributed by atoms with Crippen molar-refractivity contribution in [3.05, 3.63) is 17.8 Å². The molecule has 0 bridgehead atoms. The zero-order valence-corrected chi connectivity index (χ0v) is 10.8. The number of aryl methyl sites for hydroxylation is 1. The van der Waals surface area contributed by atoms with E-state index in [0.29, 0.717) is 18.0 Å². The van der Waals surface area contributed by atoms with Gasteiger partial charge in [0.25, 0.3) is 0 Å². The standard InChI is InChI=1S/C12H17N3OS/c1-9-6-13-10(16-9)7-14-11-15-12(8-17-11)4-2-3-5-12/h6H,2-5,7-8H2,1H3,(H,14,15). The topological polar surface area (TPSA) is 50.4 Å². The van der Waals surface area contributed by atoms with Crippen molar-refractivity contribution < 1.29 is 4.42 Å². The predicted octanol–water partition coefficient (Wildman–Crippen LogP) is 2.49. The van der Waals surface area contributed by atoms with Crippen LogP contribution in [0.25, 0.3) is 0 Å². The van der Waals surface area contributed by atoms with Crippen molar-refractivity contribution in [1.82, 2.24) is 10.3 Å². The summed E-state index contributed by atoms with van der Waals surface area (Å²) in [4.78, 5) is 8.69. The van der Waals surface area contributed by atoms with Crippen molar-refractivity contribution in [3.8, 4) is 0 Å². The molecule has 0 aromatic carbocycles. The van der Waals surface area contributed by atoms with Crippen LogP contribution in [-0.4, -0.2) is 21.4 Å². The minimum atomic E-state index is 0.343. The van der Waals surface area contributed by atoms with E-state index in [1.165, 1.54) is 25.7 Å². The SMILES string of the molecule is Cc1cnc(CN=C2NC3(CCCC3)CS2)o1. The van der Waals surface area contributed by atoms with Gasteiger partial charge < -0.3 is 9.73 Å². The molecule has 2 fully saturated rings. The number of amidine groups is 1. The average molecular weight is 251 g/mol. The maximum Gasteiger partial charge on any atom is 0.216 e. The van der Waals surface area contributed by atoms with E-state index in [4.69, 9.17) is 4.42 Å². The fourth-order valence-corrected chi connectivity index (χ4v) is 3.74. The van der Waals surface area contributed by atoms with Gasteiger partial charge in [-0.3, -0.25) is 4.99 Å². The first kappa shape index (κ1) is 11.1. The van der Waals surface area contributed by atoms with Gasteiger partial charge in [-0.05, 0) is 19.8 Å². The summed E-state index contributed by atoms with van der Waals surface area (Å²) in [6, 6.07) is 0. The Morgan fingerprint density at radius 2 is 2.35 bits per heavy atom. The third-order valence-corrected chi connectivity index (χ3v) is 4.65. The number of hydrogen-bond donors (Lipinski definition) is 1. The lowest BCUT2D eigenvalue weighted by Gasteiger charge is -2.21. The molecule has 5 heteroatoms. The van der Waals surface area contributed by atoms with E-state index in [-0.39, 0.29) is 0 Å². The van der Waals surface area contributed by atoms with E-state index in [1.54, 1.807) is 6.20 Å². The summed E-state index contributed by atoms with van der Waals surface area (Å²) in [7, 11) is 0. The number of aromatic nitrogens is 1. The largest absolute Gasteiger partial charge is 0.444 e. The lowest BCUT2D eigenvalue weighted by Crippen LogP contribution is -2.40. The van der Waals surface area contributed by atoms with Crippen LogP contribution in [0.1, 0.15) is 37.3 Å². The Balaban J connectivity index is 1.62. The molecule has 0 amide bonds. The molecule has 3 rings (SSSR count). The van der Waals surface area contributed by atoms with Gasteiger partial charge in [0.05, 0.1) is 6.20 Å². The molecular formula is C12H17N3OS. The van der Waals surface area contributed by atoms with Gasteiger partial charge in [-0.2, -0.15) is 0 Å². The van der Waals surface area contributed by atoms with Crippen molar-refractivity contribution >= 4 is 16.9 Å². The van der Waals surface area contributed by atoms with Crippen LogP contribution >= 0.6 is 11.8 Å². The number of rotatable bonds is 2. The third kappa shape index (κ3) is 2.34. The molecule has 2 aliphatic rings. The number of hydrogen-bond acceptors (Lipinski definition) is 4. The summed E-state index contributed by atoms with van der Waals surface area (Å²) < 4.78 is 5.41. The van der Waals surface area contributed by atoms with Crippen LogP contribution in [0.15, 0.2) is 15.6 Å². The number of oxazole rings is 1. The van der Waals surface area contributed by atoms with E-state index in [2.05, 4.69) is 15.3 Å². The summed E-state index contributed by atoms with van der Waals surface area (Å²) in [6.07, 6.45) is 7.01. The monoisotopic (exact) mass is 251 g/mol. The Hall–Kier alpha value is -0.970. The Bertz CT molecular complexity index is 435. The highest BCUT2D eigenvalue weighted by Crippen LogP contribution is 2.37. The molecule has 1 saturated heterocycles. The molecule has 1 aromatic rings. The van der Waals surface area contributed by atoms with E-state index in [0.717, 1.165) is 16.7 Å². The van der Waals surface area contributed by atoms with Crippen LogP contribution in [0.4, 0.5) is 0 Å². The second-order valence-electron chi connectivity index (χ2n) is 4.89. The molecule has 1 aromatic heterocycles. The molecule has 0 radical (unpaired) electrons. The molecule has 2 heterocycles. The van der Waals surface area contributed by atoms with E-state index >= 15 is 0 Å². The highest BCUT2D eigenvalue weighted by atomic mass is 32.2. The van der Waals surface area contributed by atoms with Gasteiger partial charge in [-0.25, -0.2) is 4.98 Å². The maximum atomic E-state index is 5.41. The van der Waals surface area contributed by atoms with Gasteiger partial charge in [-0.15, -0.1) is 0 Å². The van der Waals surface area contributed by atoms with Crippen molar-refractivity contribution in [2.24, 2.45) is 4.99 Å². The van der Waals surface area contributed by atoms with Crippen LogP contribution < -0.4 is 5.32 Å². The van der Waals surface area contributed by atoms with Gasteiger partial charge in [0, 0.05) is 11.3 Å². The van der Waals surface area contributed by atoms with Crippen LogP contribution in [0.5, 0.6) is 0 Å². The lowest BCUT2D eigenvalue weighted by molar-refractivity contribution is 0.450. The Morgan fingerprint density at radius 3 is 3.06 bits per heavy atom. The molecule has 92 valence electrons. The normalized spacial score (nSPS) is 24.6. The zero-order valence-electron chi connectivity index (χ0n) is 10.0. The quantitative estimate of drug-likeness (QED) is 0.877. The smallest absolute Gasteiger partial charge is 0.216 e. The first-order valence-electron chi connectivity index (χ1n) is 6.13. The fraction of sp³-hybridized carbons (Fsp3) is 0.667. The molecule has 0 atom stereocenters. The molecule has 1 spiro atoms. The van der Waals surface area contributed by atoms with Gasteiger partial charge in [0.15, 0.2) is 5.17 Å². The molecule has 4 nitrogen and oxygen atoms in total. The molecule has 1 saturated carbocycles. The molecular weight excluding hydrogens is 234 g/mol. The first-order chi connectivity index (χ1) is 8.26. The van der Waals surface area contributed by atoms with Crippen molar-refractivity contribution in [1.29, 1.82) is 0 Å². The molecule has 1 N–H and O–H groups in total. The van der Waals surface area contributed by atoms with E-state index < -0.39 is 0 Å². The highest BCUT2D eigenvalue weighted by molar-refractivity contribution is 8.14. The Kier molecular flexibility index (Phi) is 2.86. The molecule has 1 aliphatic heterocycles. The Labute approximate surface area is 105 Å². The second-order valence-corrected chi connectivity index (χ2v) is 5.85. The second kappa shape index (κ2) is 4.37. The summed E-state index contributed by atoms with van der Waals surface area (Å²) in [5, 5.41) is 4.64. The molecule has 0 unspecified atom stereocenters. The maximum absolute atomic E-state index is 5.41. The minimum absolute atomic E-state index is 0.343. The van der Waals surface area contributed by atoms with E-state index in [1.807, 2.05) is 18.7 Å². The van der Waals surface area contributed by atoms with Gasteiger partial charge in [-0.1, -0.05) is 24.6 Å². The number of aliphatic imine (C=N–C) groups is 1. The van der Waals surface area contributed by atoms with Crippen molar-refractivity contribution in [3.63, 3.8) is 0 Å². The van der Waals surface area contributed by atoms with Gasteiger partial charge in [0.2, 0.25) is 5.89 Å². The number of thioether (sulfide) groups is 1. The van der Waals surface area contributed by atoms with Crippen molar-refractivity contribution in [2.45, 2.75) is 44.7 Å². The van der Waals surface area contributed by atoms with Gasteiger partial charge >= 0.3 is 0 Å². The summed E-state index contributed by atoms with van der Waals surface area (Å²) in [5.74, 6) is 2.71. The predicted molar refractivity (Wildman–Crippen MR) is 69.2 cm³/mol. The van der Waals surface area contributed by atoms with Crippen molar-refractivity contribution in [2.75, 3.05) is 5.75 Å². The molecule has 17 heavy (non-hydrogen) atoms. The summed E-state index contributed by atoms with van der Waals surface area (Å²) >= 11 is 1.83. The zero-order chi connectivity index (χ0) is 11.7. The minimum Gasteiger partial charge on any atom is -0.444 e. The van der Waals surface area contributed by atoms with Crippen LogP contribution in [-0.2, 0) is 6.54 Å². The first-order valence-corrected chi connectivity index (χ1v) is 7.11. The average Bonchev–Trinajstić information content (AvgIpc) is 3.01.